The molecule has 10 rings (SSSR count). The predicted octanol–water partition coefficient (Wildman–Crippen LogP) is 7.69. The van der Waals surface area contributed by atoms with Crippen molar-refractivity contribution < 1.29 is 18.0 Å². The molecule has 242 valence electrons. The number of rotatable bonds is 7. The van der Waals surface area contributed by atoms with Crippen molar-refractivity contribution in [2.45, 2.75) is 82.1 Å². The van der Waals surface area contributed by atoms with E-state index in [-0.39, 0.29) is 64.4 Å². The van der Waals surface area contributed by atoms with Gasteiger partial charge in [0.05, 0.1) is 43.9 Å². The van der Waals surface area contributed by atoms with Gasteiger partial charge >= 0.3 is 0 Å². The molecule has 0 radical (unpaired) electrons. The molecule has 2 aromatic carbocycles. The number of aryl methyl sites for hydroxylation is 2. The van der Waals surface area contributed by atoms with Gasteiger partial charge in [0.15, 0.2) is 5.82 Å². The summed E-state index contributed by atoms with van der Waals surface area (Å²) < 4.78 is 49.0. The smallest absolute Gasteiger partial charge is 0.226 e. The normalized spacial score (nSPS) is 30.4. The van der Waals surface area contributed by atoms with Crippen molar-refractivity contribution in [1.29, 1.82) is 5.26 Å². The maximum absolute atomic E-state index is 17.2. The van der Waals surface area contributed by atoms with Gasteiger partial charge in [-0.2, -0.15) is 5.26 Å². The molecule has 0 spiro atoms. The Morgan fingerprint density at radius 3 is 2.81 bits per heavy atom. The van der Waals surface area contributed by atoms with Crippen molar-refractivity contribution >= 4 is 50.9 Å². The Bertz CT molecular complexity index is 2130. The number of nitrogens with one attached hydrogen (secondary N) is 1. The minimum absolute atomic E-state index is 0.00373. The largest absolute Gasteiger partial charge is 0.381 e. The third-order valence-electron chi connectivity index (χ3n) is 11.7. The van der Waals surface area contributed by atoms with Gasteiger partial charge < -0.3 is 19.5 Å². The number of pyridine rings is 1. The number of ether oxygens (including phenoxy) is 1. The van der Waals surface area contributed by atoms with Crippen LogP contribution < -0.4 is 5.32 Å². The average molecular weight is 676 g/mol. The molecule has 5 heterocycles. The van der Waals surface area contributed by atoms with Crippen LogP contribution in [0.15, 0.2) is 30.3 Å². The van der Waals surface area contributed by atoms with Crippen LogP contribution in [0.5, 0.6) is 0 Å². The third-order valence-corrected chi connectivity index (χ3v) is 12.5. The summed E-state index contributed by atoms with van der Waals surface area (Å²) in [7, 11) is -2.55. The maximum Gasteiger partial charge on any atom is 0.226 e. The summed E-state index contributed by atoms with van der Waals surface area (Å²) in [6, 6.07) is 11.2. The Balaban J connectivity index is 1.31. The quantitative estimate of drug-likeness (QED) is 0.217. The van der Waals surface area contributed by atoms with E-state index in [4.69, 9.17) is 37.0 Å². The molecule has 3 aliphatic carbocycles. The lowest BCUT2D eigenvalue weighted by atomic mass is 9.79. The molecule has 47 heavy (non-hydrogen) atoms. The summed E-state index contributed by atoms with van der Waals surface area (Å²) in [6.07, 6.45) is 3.89. The number of fused-ring (bicyclic) bond motifs is 6. The average Bonchev–Trinajstić information content (AvgIpc) is 3.44. The first-order chi connectivity index (χ1) is 23.9. The van der Waals surface area contributed by atoms with Gasteiger partial charge in [-0.3, -0.25) is 4.79 Å². The second-order valence-corrected chi connectivity index (χ2v) is 15.0. The van der Waals surface area contributed by atoms with Crippen molar-refractivity contribution in [1.82, 2.24) is 19.8 Å². The molecular formula is C37H36Cl2FN5O2. The Labute approximate surface area is 287 Å². The van der Waals surface area contributed by atoms with E-state index in [1.54, 1.807) is 18.2 Å². The van der Waals surface area contributed by atoms with Crippen LogP contribution in [-0.4, -0.2) is 52.1 Å². The standard InChI is InChI=1S/C37H36Cl2FN5O2/c1-17-23-15-28(36-24-13-21(14-29(24)47-2)44(36)37(46)18-8-9-18)45(34-20-12-27(34)42-16-20)35(23)25-11-19(5-4-10-41)30(32(40)33(25)43-17)22-6-3-7-26(38)31(22)39/h3,6-7,11,15,18,20-21,24,27,29,34,36,42H,4-5,8-9,12-14,16H2,1-2H3/i2D3. The van der Waals surface area contributed by atoms with Crippen molar-refractivity contribution in [3.63, 3.8) is 0 Å². The number of aromatic nitrogens is 2. The van der Waals surface area contributed by atoms with Crippen molar-refractivity contribution in [3.8, 4) is 17.2 Å². The van der Waals surface area contributed by atoms with E-state index in [9.17, 15) is 10.1 Å². The van der Waals surface area contributed by atoms with E-state index in [1.807, 2.05) is 17.9 Å². The molecule has 3 aliphatic heterocycles. The van der Waals surface area contributed by atoms with Crippen molar-refractivity contribution in [3.05, 3.63) is 63.1 Å². The summed E-state index contributed by atoms with van der Waals surface area (Å²) in [6.45, 7) is 2.74. The lowest BCUT2D eigenvalue weighted by molar-refractivity contribution is -0.139. The third kappa shape index (κ3) is 4.29. The molecular weight excluding hydrogens is 636 g/mol. The number of nitriles is 1. The van der Waals surface area contributed by atoms with E-state index < -0.39 is 19.0 Å². The first kappa shape index (κ1) is 26.7. The summed E-state index contributed by atoms with van der Waals surface area (Å²) in [5.41, 5.74) is 4.00. The van der Waals surface area contributed by atoms with E-state index in [1.165, 1.54) is 0 Å². The first-order valence-electron chi connectivity index (χ1n) is 18.2. The van der Waals surface area contributed by atoms with Gasteiger partial charge in [0.2, 0.25) is 5.91 Å². The van der Waals surface area contributed by atoms with Gasteiger partial charge in [-0.1, -0.05) is 35.3 Å². The van der Waals surface area contributed by atoms with Crippen LogP contribution >= 0.6 is 23.2 Å². The second-order valence-electron chi connectivity index (χ2n) is 14.2. The molecule has 2 aromatic heterocycles. The monoisotopic (exact) mass is 674 g/mol. The minimum Gasteiger partial charge on any atom is -0.381 e. The second kappa shape index (κ2) is 10.9. The lowest BCUT2D eigenvalue weighted by Gasteiger charge is -2.43. The Morgan fingerprint density at radius 1 is 1.23 bits per heavy atom. The molecule has 6 aliphatic rings. The molecule has 7 nitrogen and oxygen atoms in total. The van der Waals surface area contributed by atoms with Crippen LogP contribution in [0.3, 0.4) is 0 Å². The van der Waals surface area contributed by atoms with Crippen LogP contribution in [0, 0.1) is 41.8 Å². The molecule has 3 saturated carbocycles. The molecule has 6 fully saturated rings. The van der Waals surface area contributed by atoms with Crippen LogP contribution in [0.4, 0.5) is 4.39 Å². The van der Waals surface area contributed by atoms with E-state index in [0.717, 1.165) is 42.4 Å². The van der Waals surface area contributed by atoms with Gasteiger partial charge in [0.1, 0.15) is 5.52 Å². The summed E-state index contributed by atoms with van der Waals surface area (Å²) in [5, 5.41) is 15.3. The van der Waals surface area contributed by atoms with Crippen LogP contribution in [0.1, 0.15) is 71.7 Å². The number of halogens is 3. The number of nitrogens with zero attached hydrogens (tertiary/aromatic N) is 4. The molecule has 7 unspecified atom stereocenters. The highest BCUT2D eigenvalue weighted by molar-refractivity contribution is 6.43. The minimum atomic E-state index is -2.55. The summed E-state index contributed by atoms with van der Waals surface area (Å²) >= 11 is 13.1. The zero-order valence-corrected chi connectivity index (χ0v) is 27.4. The van der Waals surface area contributed by atoms with Crippen LogP contribution in [0.25, 0.3) is 32.9 Å². The molecule has 4 bridgehead atoms. The number of hydrogen-bond donors (Lipinski definition) is 1. The number of benzene rings is 2. The molecule has 4 aromatic rings. The van der Waals surface area contributed by atoms with Gasteiger partial charge in [-0.15, -0.1) is 0 Å². The number of piperidine rings is 1. The number of amides is 1. The number of likely N-dealkylation sites (tertiary alicyclic amines) is 1. The van der Waals surface area contributed by atoms with Crippen molar-refractivity contribution in [2.75, 3.05) is 13.6 Å². The van der Waals surface area contributed by atoms with Gasteiger partial charge in [0, 0.05) is 77.2 Å². The number of carbonyl (C=O) groups excluding carboxylic acids is 1. The Hall–Kier alpha value is -3.22. The van der Waals surface area contributed by atoms with Crippen LogP contribution in [0.2, 0.25) is 10.0 Å². The van der Waals surface area contributed by atoms with Gasteiger partial charge in [-0.25, -0.2) is 9.37 Å². The highest BCUT2D eigenvalue weighted by atomic mass is 35.5. The van der Waals surface area contributed by atoms with Gasteiger partial charge in [-0.05, 0) is 75.1 Å². The molecule has 10 heteroatoms. The number of methoxy groups -OCH3 is 1. The first-order valence-corrected chi connectivity index (χ1v) is 17.4. The number of hydrogen-bond acceptors (Lipinski definition) is 5. The zero-order chi connectivity index (χ0) is 34.8. The summed E-state index contributed by atoms with van der Waals surface area (Å²) in [4.78, 5) is 21.0. The zero-order valence-electron chi connectivity index (χ0n) is 28.9. The SMILES string of the molecule is [2H]C([2H])([2H])OC1CC2CC1C(c1cc3c(C)nc4c(F)c(-c5cccc(Cl)c5Cl)c(CCC#N)cc4c3n1C1C3CNC1C3)N2C(=O)C1CC1. The van der Waals surface area contributed by atoms with Gasteiger partial charge in [0.25, 0.3) is 0 Å². The molecule has 1 amide bonds. The summed E-state index contributed by atoms with van der Waals surface area (Å²) in [5.74, 6) is -0.239. The highest BCUT2D eigenvalue weighted by Gasteiger charge is 2.58. The number of carbonyl (C=O) groups is 1. The topological polar surface area (TPSA) is 83.2 Å². The molecule has 1 N–H and O–H groups in total. The fraction of sp³-hybridized carbons (Fsp3) is 0.486. The highest BCUT2D eigenvalue weighted by Crippen LogP contribution is 2.56. The fourth-order valence-electron chi connectivity index (χ4n) is 9.42. The molecule has 3 saturated heterocycles. The predicted molar refractivity (Wildman–Crippen MR) is 180 cm³/mol. The maximum atomic E-state index is 17.2. The Morgan fingerprint density at radius 2 is 2.09 bits per heavy atom. The van der Waals surface area contributed by atoms with E-state index in [2.05, 4.69) is 22.0 Å². The Kier molecular flexibility index (Phi) is 6.19. The van der Waals surface area contributed by atoms with Crippen LogP contribution in [-0.2, 0) is 16.0 Å². The van der Waals surface area contributed by atoms with E-state index >= 15 is 4.39 Å². The lowest BCUT2D eigenvalue weighted by Crippen LogP contribution is -2.47. The van der Waals surface area contributed by atoms with E-state index in [0.29, 0.717) is 52.4 Å². The fourth-order valence-corrected chi connectivity index (χ4v) is 9.82. The molecule has 7 atom stereocenters. The van der Waals surface area contributed by atoms with Crippen molar-refractivity contribution in [2.24, 2.45) is 17.8 Å².